The number of thiophene rings is 2. The molecule has 2 aromatic heterocycles. The SMILES string of the molecule is N#CCCCS(=O)(=O)NC(=O)c1ccc(-c2cccs2)s1. The Hall–Kier alpha value is -1.69. The summed E-state index contributed by atoms with van der Waals surface area (Å²) in [5.41, 5.74) is 0. The number of unbranched alkanes of at least 4 members (excludes halogenated alkanes) is 1. The minimum atomic E-state index is -3.69. The predicted molar refractivity (Wildman–Crippen MR) is 83.7 cm³/mol. The summed E-state index contributed by atoms with van der Waals surface area (Å²) in [6, 6.07) is 9.14. The van der Waals surface area contributed by atoms with Crippen LogP contribution >= 0.6 is 22.7 Å². The smallest absolute Gasteiger partial charge is 0.267 e. The molecule has 0 unspecified atom stereocenters. The predicted octanol–water partition coefficient (Wildman–Crippen LogP) is 2.84. The second-order valence-corrected chi connectivity index (χ2v) is 8.03. The van der Waals surface area contributed by atoms with Gasteiger partial charge >= 0.3 is 0 Å². The van der Waals surface area contributed by atoms with Gasteiger partial charge in [0.2, 0.25) is 10.0 Å². The summed E-state index contributed by atoms with van der Waals surface area (Å²) in [6.07, 6.45) is 0.362. The first kappa shape index (κ1) is 15.7. The molecule has 0 aliphatic rings. The number of hydrogen-bond donors (Lipinski definition) is 1. The second kappa shape index (κ2) is 6.85. The summed E-state index contributed by atoms with van der Waals surface area (Å²) in [7, 11) is -3.69. The van der Waals surface area contributed by atoms with E-state index in [4.69, 9.17) is 5.26 Å². The molecule has 110 valence electrons. The number of sulfonamides is 1. The topological polar surface area (TPSA) is 87.0 Å². The lowest BCUT2D eigenvalue weighted by molar-refractivity contribution is 0.0985. The summed E-state index contributed by atoms with van der Waals surface area (Å²) in [4.78, 5) is 14.2. The zero-order valence-corrected chi connectivity index (χ0v) is 13.4. The van der Waals surface area contributed by atoms with Gasteiger partial charge in [0.25, 0.3) is 5.91 Å². The molecule has 2 rings (SSSR count). The minimum Gasteiger partial charge on any atom is -0.267 e. The number of hydrogen-bond acceptors (Lipinski definition) is 6. The molecule has 0 aliphatic heterocycles. The van der Waals surface area contributed by atoms with Crippen molar-refractivity contribution in [1.82, 2.24) is 4.72 Å². The Morgan fingerprint density at radius 1 is 1.29 bits per heavy atom. The summed E-state index contributed by atoms with van der Waals surface area (Å²) >= 11 is 2.81. The average Bonchev–Trinajstić information content (AvgIpc) is 3.09. The van der Waals surface area contributed by atoms with Crippen molar-refractivity contribution < 1.29 is 13.2 Å². The zero-order chi connectivity index (χ0) is 15.3. The lowest BCUT2D eigenvalue weighted by Crippen LogP contribution is -2.32. The van der Waals surface area contributed by atoms with Gasteiger partial charge in [0.05, 0.1) is 16.7 Å². The van der Waals surface area contributed by atoms with Crippen molar-refractivity contribution in [2.24, 2.45) is 0 Å². The van der Waals surface area contributed by atoms with Crippen molar-refractivity contribution in [2.45, 2.75) is 12.8 Å². The number of nitrogens with zero attached hydrogens (tertiary/aromatic N) is 1. The van der Waals surface area contributed by atoms with E-state index in [0.29, 0.717) is 4.88 Å². The molecule has 1 amide bonds. The molecule has 0 aliphatic carbocycles. The standard InChI is InChI=1S/C13H12N2O3S3/c14-7-1-2-9-21(17,18)15-13(16)12-6-5-11(20-12)10-4-3-8-19-10/h3-6,8H,1-2,9H2,(H,15,16). The van der Waals surface area contributed by atoms with Crippen LogP contribution in [-0.2, 0) is 10.0 Å². The molecule has 0 bridgehead atoms. The van der Waals surface area contributed by atoms with E-state index >= 15 is 0 Å². The molecule has 0 saturated heterocycles. The van der Waals surface area contributed by atoms with Gasteiger partial charge in [-0.05, 0) is 30.0 Å². The molecule has 0 atom stereocenters. The maximum Gasteiger partial charge on any atom is 0.274 e. The monoisotopic (exact) mass is 340 g/mol. The van der Waals surface area contributed by atoms with Crippen molar-refractivity contribution in [1.29, 1.82) is 5.26 Å². The van der Waals surface area contributed by atoms with E-state index in [2.05, 4.69) is 0 Å². The Bertz CT molecular complexity index is 755. The van der Waals surface area contributed by atoms with E-state index in [0.717, 1.165) is 9.75 Å². The van der Waals surface area contributed by atoms with Crippen LogP contribution < -0.4 is 4.72 Å². The zero-order valence-electron chi connectivity index (χ0n) is 10.9. The van der Waals surface area contributed by atoms with Crippen LogP contribution in [0.1, 0.15) is 22.5 Å². The molecular formula is C13H12N2O3S3. The Balaban J connectivity index is 2.03. The third kappa shape index (κ3) is 4.39. The maximum atomic E-state index is 11.9. The number of carbonyl (C=O) groups is 1. The van der Waals surface area contributed by atoms with Gasteiger partial charge in [-0.3, -0.25) is 4.79 Å². The fourth-order valence-corrected chi connectivity index (χ4v) is 4.41. The van der Waals surface area contributed by atoms with Crippen LogP contribution in [0.2, 0.25) is 0 Å². The lowest BCUT2D eigenvalue weighted by Gasteiger charge is -2.04. The van der Waals surface area contributed by atoms with Crippen LogP contribution in [-0.4, -0.2) is 20.1 Å². The lowest BCUT2D eigenvalue weighted by atomic mass is 10.3. The van der Waals surface area contributed by atoms with Crippen LogP contribution in [0.5, 0.6) is 0 Å². The quantitative estimate of drug-likeness (QED) is 0.819. The molecule has 2 aromatic rings. The molecule has 2 heterocycles. The molecule has 5 nitrogen and oxygen atoms in total. The van der Waals surface area contributed by atoms with Gasteiger partial charge in [0.1, 0.15) is 0 Å². The minimum absolute atomic E-state index is 0.149. The third-order valence-corrected chi connectivity index (χ3v) is 6.02. The van der Waals surface area contributed by atoms with Crippen molar-refractivity contribution in [3.63, 3.8) is 0 Å². The summed E-state index contributed by atoms with van der Waals surface area (Å²) in [5, 5.41) is 10.3. The third-order valence-electron chi connectivity index (χ3n) is 2.54. The molecule has 0 radical (unpaired) electrons. The van der Waals surface area contributed by atoms with Crippen LogP contribution in [0.15, 0.2) is 29.6 Å². The van der Waals surface area contributed by atoms with Gasteiger partial charge < -0.3 is 0 Å². The van der Waals surface area contributed by atoms with Gasteiger partial charge in [-0.25, -0.2) is 13.1 Å². The van der Waals surface area contributed by atoms with Crippen LogP contribution in [0.3, 0.4) is 0 Å². The number of nitrogens with one attached hydrogen (secondary N) is 1. The van der Waals surface area contributed by atoms with Gasteiger partial charge in [-0.2, -0.15) is 5.26 Å². The molecule has 0 spiro atoms. The molecule has 1 N–H and O–H groups in total. The van der Waals surface area contributed by atoms with Crippen molar-refractivity contribution >= 4 is 38.6 Å². The van der Waals surface area contributed by atoms with Crippen molar-refractivity contribution in [2.75, 3.05) is 5.75 Å². The van der Waals surface area contributed by atoms with E-state index in [9.17, 15) is 13.2 Å². The van der Waals surface area contributed by atoms with Gasteiger partial charge in [-0.1, -0.05) is 6.07 Å². The Morgan fingerprint density at radius 3 is 2.76 bits per heavy atom. The van der Waals surface area contributed by atoms with Crippen molar-refractivity contribution in [3.05, 3.63) is 34.5 Å². The number of rotatable bonds is 6. The van der Waals surface area contributed by atoms with E-state index in [1.807, 2.05) is 28.3 Å². The molecule has 0 saturated carbocycles. The van der Waals surface area contributed by atoms with E-state index in [1.54, 1.807) is 23.5 Å². The van der Waals surface area contributed by atoms with E-state index in [1.165, 1.54) is 11.3 Å². The normalized spacial score (nSPS) is 11.0. The van der Waals surface area contributed by atoms with Crippen LogP contribution in [0.25, 0.3) is 9.75 Å². The Kier molecular flexibility index (Phi) is 5.12. The summed E-state index contributed by atoms with van der Waals surface area (Å²) in [6.45, 7) is 0. The van der Waals surface area contributed by atoms with Crippen molar-refractivity contribution in [3.8, 4) is 15.8 Å². The summed E-state index contributed by atoms with van der Waals surface area (Å²) in [5.74, 6) is -0.852. The van der Waals surface area contributed by atoms with E-state index < -0.39 is 15.9 Å². The average molecular weight is 340 g/mol. The first-order valence-corrected chi connectivity index (χ1v) is 9.42. The number of nitriles is 1. The molecule has 8 heteroatoms. The van der Waals surface area contributed by atoms with Crippen LogP contribution in [0, 0.1) is 11.3 Å². The molecule has 0 aromatic carbocycles. The number of carbonyl (C=O) groups excluding carboxylic acids is 1. The fraction of sp³-hybridized carbons (Fsp3) is 0.231. The highest BCUT2D eigenvalue weighted by atomic mass is 32.2. The largest absolute Gasteiger partial charge is 0.274 e. The van der Waals surface area contributed by atoms with Gasteiger partial charge in [0.15, 0.2) is 0 Å². The van der Waals surface area contributed by atoms with Crippen LogP contribution in [0.4, 0.5) is 0 Å². The van der Waals surface area contributed by atoms with E-state index in [-0.39, 0.29) is 18.6 Å². The van der Waals surface area contributed by atoms with Gasteiger partial charge in [0, 0.05) is 16.2 Å². The van der Waals surface area contributed by atoms with Gasteiger partial charge in [-0.15, -0.1) is 22.7 Å². The highest BCUT2D eigenvalue weighted by molar-refractivity contribution is 7.90. The molecular weight excluding hydrogens is 328 g/mol. The molecule has 0 fully saturated rings. The fourth-order valence-electron chi connectivity index (χ4n) is 1.59. The highest BCUT2D eigenvalue weighted by Crippen LogP contribution is 2.31. The molecule has 21 heavy (non-hydrogen) atoms. The summed E-state index contributed by atoms with van der Waals surface area (Å²) < 4.78 is 25.4. The Labute approximate surface area is 130 Å². The first-order valence-electron chi connectivity index (χ1n) is 6.07. The first-order chi connectivity index (χ1) is 10.0. The second-order valence-electron chi connectivity index (χ2n) is 4.15. The number of amides is 1. The Morgan fingerprint density at radius 2 is 2.10 bits per heavy atom. The highest BCUT2D eigenvalue weighted by Gasteiger charge is 2.17. The maximum absolute atomic E-state index is 11.9.